The lowest BCUT2D eigenvalue weighted by atomic mass is 10.0. The zero-order valence-corrected chi connectivity index (χ0v) is 34.5. The van der Waals surface area contributed by atoms with Crippen molar-refractivity contribution in [2.45, 2.75) is 148 Å². The van der Waals surface area contributed by atoms with E-state index >= 15 is 0 Å². The molecule has 11 nitrogen and oxygen atoms in total. The van der Waals surface area contributed by atoms with Gasteiger partial charge >= 0.3 is 19.8 Å². The van der Waals surface area contributed by atoms with Crippen LogP contribution in [0.4, 0.5) is 0 Å². The van der Waals surface area contributed by atoms with Crippen LogP contribution in [-0.2, 0) is 32.7 Å². The fourth-order valence-electron chi connectivity index (χ4n) is 4.91. The number of unbranched alkanes of at least 4 members (excludes halogenated alkanes) is 5. The normalized spacial score (nSPS) is 15.4. The van der Waals surface area contributed by atoms with Crippen molar-refractivity contribution in [2.75, 3.05) is 26.4 Å². The van der Waals surface area contributed by atoms with Crippen molar-refractivity contribution in [3.63, 3.8) is 0 Å². The molecule has 5 N–H and O–H groups in total. The quantitative estimate of drug-likeness (QED) is 0.0206. The van der Waals surface area contributed by atoms with Crippen LogP contribution in [0, 0.1) is 0 Å². The van der Waals surface area contributed by atoms with Crippen molar-refractivity contribution >= 4 is 19.8 Å². The molecule has 0 bridgehead atoms. The van der Waals surface area contributed by atoms with Gasteiger partial charge < -0.3 is 30.3 Å². The summed E-state index contributed by atoms with van der Waals surface area (Å²) in [7, 11) is -4.47. The van der Waals surface area contributed by atoms with E-state index in [1.54, 1.807) is 0 Å². The molecule has 0 heterocycles. The second-order valence-corrected chi connectivity index (χ2v) is 14.5. The van der Waals surface area contributed by atoms with E-state index in [0.29, 0.717) is 6.42 Å². The SMILES string of the molecule is CC/C=C\C/C=C\C/C=C\C/C=C\C[C@@H](O)[C@H](O)CCCC(=O)O[C@H](COC(=O)CCCCCCC/C=C\C/C=C\C/C=C\CC)COP(=O)(O)OCCN. The highest BCUT2D eigenvalue weighted by atomic mass is 31.2. The molecule has 0 aliphatic heterocycles. The fourth-order valence-corrected chi connectivity index (χ4v) is 5.68. The van der Waals surface area contributed by atoms with Gasteiger partial charge in [0.05, 0.1) is 25.4 Å². The fraction of sp³-hybridized carbons (Fsp3) is 0.628. The molecule has 0 aromatic rings. The van der Waals surface area contributed by atoms with Gasteiger partial charge in [0.1, 0.15) is 6.61 Å². The molecule has 0 radical (unpaired) electrons. The van der Waals surface area contributed by atoms with Crippen molar-refractivity contribution in [1.82, 2.24) is 0 Å². The third kappa shape index (κ3) is 36.5. The van der Waals surface area contributed by atoms with Gasteiger partial charge in [-0.2, -0.15) is 0 Å². The third-order valence-corrected chi connectivity index (χ3v) is 8.96. The molecule has 0 rings (SSSR count). The number of aliphatic hydroxyl groups is 2. The zero-order valence-electron chi connectivity index (χ0n) is 33.6. The van der Waals surface area contributed by atoms with Gasteiger partial charge in [-0.3, -0.25) is 18.6 Å². The summed E-state index contributed by atoms with van der Waals surface area (Å²) in [4.78, 5) is 34.9. The van der Waals surface area contributed by atoms with Crippen LogP contribution in [0.15, 0.2) is 85.1 Å². The molecule has 0 spiro atoms. The Kier molecular flexibility index (Phi) is 36.0. The number of phosphoric acid groups is 1. The number of aliphatic hydroxyl groups excluding tert-OH is 2. The Morgan fingerprint density at radius 2 is 1.13 bits per heavy atom. The number of hydrogen-bond donors (Lipinski definition) is 4. The van der Waals surface area contributed by atoms with Gasteiger partial charge in [-0.1, -0.05) is 118 Å². The number of allylic oxidation sites excluding steroid dienone is 13. The highest BCUT2D eigenvalue weighted by Crippen LogP contribution is 2.43. The Morgan fingerprint density at radius 3 is 1.71 bits per heavy atom. The number of phosphoric ester groups is 1. The van der Waals surface area contributed by atoms with Crippen LogP contribution in [-0.4, -0.2) is 71.7 Å². The summed E-state index contributed by atoms with van der Waals surface area (Å²) in [5.41, 5.74) is 5.32. The molecule has 55 heavy (non-hydrogen) atoms. The molecule has 0 fully saturated rings. The van der Waals surface area contributed by atoms with E-state index in [0.717, 1.165) is 77.0 Å². The van der Waals surface area contributed by atoms with Crippen molar-refractivity contribution in [3.8, 4) is 0 Å². The minimum absolute atomic E-state index is 0.000416. The monoisotopic (exact) mass is 793 g/mol. The molecule has 0 amide bonds. The first-order valence-corrected chi connectivity index (χ1v) is 21.7. The van der Waals surface area contributed by atoms with Gasteiger partial charge in [0.25, 0.3) is 0 Å². The minimum Gasteiger partial charge on any atom is -0.462 e. The number of carbonyl (C=O) groups is 2. The molecule has 1 unspecified atom stereocenters. The van der Waals surface area contributed by atoms with Crippen LogP contribution in [0.3, 0.4) is 0 Å². The molecule has 0 saturated heterocycles. The maximum atomic E-state index is 12.6. The van der Waals surface area contributed by atoms with Crippen LogP contribution >= 0.6 is 7.82 Å². The van der Waals surface area contributed by atoms with Crippen molar-refractivity contribution in [3.05, 3.63) is 85.1 Å². The minimum atomic E-state index is -4.47. The van der Waals surface area contributed by atoms with Gasteiger partial charge in [0, 0.05) is 19.4 Å². The number of carbonyl (C=O) groups excluding carboxylic acids is 2. The van der Waals surface area contributed by atoms with Crippen LogP contribution in [0.2, 0.25) is 0 Å². The smallest absolute Gasteiger partial charge is 0.462 e. The molecule has 4 atom stereocenters. The summed E-state index contributed by atoms with van der Waals surface area (Å²) in [5, 5.41) is 20.7. The van der Waals surface area contributed by atoms with E-state index in [9.17, 15) is 29.3 Å². The lowest BCUT2D eigenvalue weighted by molar-refractivity contribution is -0.161. The highest BCUT2D eigenvalue weighted by Gasteiger charge is 2.26. The summed E-state index contributed by atoms with van der Waals surface area (Å²) in [6.45, 7) is 3.11. The summed E-state index contributed by atoms with van der Waals surface area (Å²) in [6.07, 6.45) is 39.3. The molecule has 0 aliphatic carbocycles. The van der Waals surface area contributed by atoms with Crippen LogP contribution in [0.5, 0.6) is 0 Å². The van der Waals surface area contributed by atoms with E-state index in [4.69, 9.17) is 24.3 Å². The van der Waals surface area contributed by atoms with E-state index in [-0.39, 0.29) is 51.9 Å². The lowest BCUT2D eigenvalue weighted by Gasteiger charge is -2.20. The van der Waals surface area contributed by atoms with Crippen LogP contribution < -0.4 is 5.73 Å². The van der Waals surface area contributed by atoms with Gasteiger partial charge in [-0.25, -0.2) is 4.57 Å². The number of nitrogens with two attached hydrogens (primary N) is 1. The van der Waals surface area contributed by atoms with E-state index in [2.05, 4.69) is 80.7 Å². The van der Waals surface area contributed by atoms with Crippen molar-refractivity contribution in [2.24, 2.45) is 5.73 Å². The second-order valence-electron chi connectivity index (χ2n) is 13.0. The molecule has 0 aliphatic rings. The Hall–Kier alpha value is -2.89. The van der Waals surface area contributed by atoms with Crippen LogP contribution in [0.1, 0.15) is 129 Å². The first-order chi connectivity index (χ1) is 26.6. The van der Waals surface area contributed by atoms with Gasteiger partial charge in [-0.15, -0.1) is 0 Å². The number of ether oxygens (including phenoxy) is 2. The van der Waals surface area contributed by atoms with E-state index in [1.165, 1.54) is 0 Å². The molecule has 0 aromatic heterocycles. The van der Waals surface area contributed by atoms with Crippen molar-refractivity contribution in [1.29, 1.82) is 0 Å². The number of hydrogen-bond acceptors (Lipinski definition) is 10. The van der Waals surface area contributed by atoms with Crippen LogP contribution in [0.25, 0.3) is 0 Å². The van der Waals surface area contributed by atoms with E-state index < -0.39 is 44.7 Å². The highest BCUT2D eigenvalue weighted by molar-refractivity contribution is 7.47. The average Bonchev–Trinajstić information content (AvgIpc) is 3.16. The van der Waals surface area contributed by atoms with Gasteiger partial charge in [0.2, 0.25) is 0 Å². The molecule has 0 aromatic carbocycles. The summed E-state index contributed by atoms with van der Waals surface area (Å²) in [6, 6.07) is 0. The molecule has 314 valence electrons. The zero-order chi connectivity index (χ0) is 40.7. The first-order valence-electron chi connectivity index (χ1n) is 20.2. The average molecular weight is 794 g/mol. The largest absolute Gasteiger partial charge is 0.472 e. The predicted octanol–water partition coefficient (Wildman–Crippen LogP) is 9.21. The lowest BCUT2D eigenvalue weighted by Crippen LogP contribution is -2.30. The number of esters is 2. The summed E-state index contributed by atoms with van der Waals surface area (Å²) < 4.78 is 32.5. The molecular formula is C43H72NO10P. The maximum Gasteiger partial charge on any atom is 0.472 e. The van der Waals surface area contributed by atoms with Gasteiger partial charge in [0.15, 0.2) is 6.10 Å². The topological polar surface area (TPSA) is 175 Å². The molecule has 0 saturated carbocycles. The Balaban J connectivity index is 4.50. The predicted molar refractivity (Wildman–Crippen MR) is 222 cm³/mol. The molecular weight excluding hydrogens is 721 g/mol. The van der Waals surface area contributed by atoms with E-state index in [1.807, 2.05) is 18.2 Å². The maximum absolute atomic E-state index is 12.6. The summed E-state index contributed by atoms with van der Waals surface area (Å²) in [5.74, 6) is -1.15. The van der Waals surface area contributed by atoms with Gasteiger partial charge in [-0.05, 0) is 83.5 Å². The standard InChI is InChI=1S/C43H72NO10P/c1-3-5-7-9-11-13-15-17-18-19-21-23-25-27-29-33-42(47)51-37-39(38-53-55(49,50)52-36-35-44)54-43(48)34-30-32-41(46)40(45)31-28-26-24-22-20-16-14-12-10-8-6-4-2/h5-8,11-14,17-18,20,22,26,28,39-41,45-46H,3-4,9-10,15-16,19,21,23-25,27,29-38,44H2,1-2H3,(H,49,50)/b7-5-,8-6-,13-11-,14-12-,18-17-,22-20-,28-26-/t39-,40-,41-/m1/s1. The molecule has 12 heteroatoms. The summed E-state index contributed by atoms with van der Waals surface area (Å²) >= 11 is 0. The van der Waals surface area contributed by atoms with Crippen molar-refractivity contribution < 1.29 is 47.8 Å². The Bertz CT molecular complexity index is 1210. The number of rotatable bonds is 36. The third-order valence-electron chi connectivity index (χ3n) is 7.98. The first kappa shape index (κ1) is 52.1. The Labute approximate surface area is 331 Å². The Morgan fingerprint density at radius 1 is 0.618 bits per heavy atom. The second kappa shape index (κ2) is 38.0.